The van der Waals surface area contributed by atoms with Gasteiger partial charge in [0.2, 0.25) is 0 Å². The molecule has 0 heterocycles. The van der Waals surface area contributed by atoms with Crippen molar-refractivity contribution in [1.82, 2.24) is 0 Å². The minimum Gasteiger partial charge on any atom is -0.508 e. The van der Waals surface area contributed by atoms with E-state index >= 15 is 0 Å². The lowest BCUT2D eigenvalue weighted by Gasteiger charge is -2.15. The molecule has 0 saturated heterocycles. The Labute approximate surface area is 97.1 Å². The maximum absolute atomic E-state index is 9.91. The lowest BCUT2D eigenvalue weighted by Crippen LogP contribution is -1.96. The van der Waals surface area contributed by atoms with Crippen LogP contribution >= 0.6 is 11.6 Å². The van der Waals surface area contributed by atoms with E-state index in [4.69, 9.17) is 11.6 Å². The molecule has 1 aromatic carbocycles. The zero-order valence-corrected chi connectivity index (χ0v) is 10.6. The fourth-order valence-corrected chi connectivity index (χ4v) is 2.04. The molecule has 0 aliphatic carbocycles. The van der Waals surface area contributed by atoms with Crippen molar-refractivity contribution < 1.29 is 5.11 Å². The molecule has 1 nitrogen and oxygen atoms in total. The molecule has 0 fully saturated rings. The molecule has 0 radical (unpaired) electrons. The predicted molar refractivity (Wildman–Crippen MR) is 65.9 cm³/mol. The van der Waals surface area contributed by atoms with Gasteiger partial charge in [-0.1, -0.05) is 39.3 Å². The van der Waals surface area contributed by atoms with E-state index in [-0.39, 0.29) is 0 Å². The van der Waals surface area contributed by atoms with Gasteiger partial charge in [-0.05, 0) is 41.5 Å². The van der Waals surface area contributed by atoms with Gasteiger partial charge in [0.05, 0.1) is 0 Å². The van der Waals surface area contributed by atoms with Crippen molar-refractivity contribution >= 4 is 11.6 Å². The third kappa shape index (κ3) is 2.66. The zero-order chi connectivity index (χ0) is 11.6. The molecule has 15 heavy (non-hydrogen) atoms. The first-order valence-electron chi connectivity index (χ1n) is 5.49. The largest absolute Gasteiger partial charge is 0.508 e. The van der Waals surface area contributed by atoms with E-state index in [9.17, 15) is 5.11 Å². The van der Waals surface area contributed by atoms with Crippen LogP contribution in [0.1, 0.15) is 57.1 Å². The molecule has 0 aliphatic heterocycles. The van der Waals surface area contributed by atoms with Crippen molar-refractivity contribution in [3.05, 3.63) is 28.3 Å². The number of halogens is 1. The molecule has 1 atom stereocenters. The Morgan fingerprint density at radius 1 is 1.20 bits per heavy atom. The SMILES string of the molecule is CCC(C)c1cc(Cl)c(C(C)C)cc1O. The van der Waals surface area contributed by atoms with E-state index in [0.717, 1.165) is 22.6 Å². The highest BCUT2D eigenvalue weighted by Crippen LogP contribution is 2.35. The Morgan fingerprint density at radius 3 is 2.27 bits per heavy atom. The molecule has 0 aromatic heterocycles. The van der Waals surface area contributed by atoms with Gasteiger partial charge in [0.1, 0.15) is 5.75 Å². The maximum Gasteiger partial charge on any atom is 0.119 e. The minimum absolute atomic E-state index is 0.342. The van der Waals surface area contributed by atoms with Gasteiger partial charge in [-0.15, -0.1) is 0 Å². The van der Waals surface area contributed by atoms with Crippen molar-refractivity contribution in [3.8, 4) is 5.75 Å². The number of rotatable bonds is 3. The predicted octanol–water partition coefficient (Wildman–Crippen LogP) is 4.68. The Bertz CT molecular complexity index is 345. The van der Waals surface area contributed by atoms with Crippen LogP contribution in [0.15, 0.2) is 12.1 Å². The number of hydrogen-bond acceptors (Lipinski definition) is 1. The summed E-state index contributed by atoms with van der Waals surface area (Å²) in [7, 11) is 0. The summed E-state index contributed by atoms with van der Waals surface area (Å²) in [6.07, 6.45) is 1.00. The van der Waals surface area contributed by atoms with E-state index in [2.05, 4.69) is 27.7 Å². The molecule has 1 N–H and O–H groups in total. The standard InChI is InChI=1S/C13H19ClO/c1-5-9(4)11-6-12(14)10(8(2)3)7-13(11)15/h6-9,15H,5H2,1-4H3. The first kappa shape index (κ1) is 12.4. The van der Waals surface area contributed by atoms with Crippen molar-refractivity contribution in [3.63, 3.8) is 0 Å². The quantitative estimate of drug-likeness (QED) is 0.793. The summed E-state index contributed by atoms with van der Waals surface area (Å²) in [6, 6.07) is 3.70. The van der Waals surface area contributed by atoms with E-state index in [1.54, 1.807) is 6.07 Å². The van der Waals surface area contributed by atoms with Crippen LogP contribution in [0.3, 0.4) is 0 Å². The van der Waals surface area contributed by atoms with Crippen LogP contribution < -0.4 is 0 Å². The smallest absolute Gasteiger partial charge is 0.119 e. The molecule has 0 spiro atoms. The highest BCUT2D eigenvalue weighted by Gasteiger charge is 2.13. The average Bonchev–Trinajstić information content (AvgIpc) is 2.19. The molecular formula is C13H19ClO. The van der Waals surface area contributed by atoms with Gasteiger partial charge in [0.15, 0.2) is 0 Å². The summed E-state index contributed by atoms with van der Waals surface area (Å²) in [6.45, 7) is 8.35. The first-order chi connectivity index (χ1) is 6.97. The van der Waals surface area contributed by atoms with Crippen molar-refractivity contribution in [1.29, 1.82) is 0 Å². The Morgan fingerprint density at radius 2 is 1.80 bits per heavy atom. The Hall–Kier alpha value is -0.690. The molecule has 1 aromatic rings. The van der Waals surface area contributed by atoms with Gasteiger partial charge in [-0.3, -0.25) is 0 Å². The van der Waals surface area contributed by atoms with Crippen LogP contribution in [0.2, 0.25) is 5.02 Å². The van der Waals surface area contributed by atoms with E-state index in [1.165, 1.54) is 0 Å². The first-order valence-corrected chi connectivity index (χ1v) is 5.87. The second-order valence-electron chi connectivity index (χ2n) is 4.40. The third-order valence-electron chi connectivity index (χ3n) is 2.91. The zero-order valence-electron chi connectivity index (χ0n) is 9.84. The fraction of sp³-hybridized carbons (Fsp3) is 0.538. The molecule has 1 unspecified atom stereocenters. The summed E-state index contributed by atoms with van der Waals surface area (Å²) in [5.74, 6) is 1.07. The van der Waals surface area contributed by atoms with Crippen LogP contribution in [0, 0.1) is 0 Å². The molecule has 0 saturated carbocycles. The van der Waals surface area contributed by atoms with Crippen molar-refractivity contribution in [2.45, 2.75) is 46.0 Å². The number of benzene rings is 1. The van der Waals surface area contributed by atoms with Crippen molar-refractivity contribution in [2.75, 3.05) is 0 Å². The summed E-state index contributed by atoms with van der Waals surface area (Å²) < 4.78 is 0. The lowest BCUT2D eigenvalue weighted by molar-refractivity contribution is 0.460. The summed E-state index contributed by atoms with van der Waals surface area (Å²) in [4.78, 5) is 0. The van der Waals surface area contributed by atoms with Gasteiger partial charge in [-0.2, -0.15) is 0 Å². The second kappa shape index (κ2) is 4.89. The van der Waals surface area contributed by atoms with Crippen LogP contribution in [0.4, 0.5) is 0 Å². The highest BCUT2D eigenvalue weighted by molar-refractivity contribution is 6.31. The molecule has 2 heteroatoms. The molecule has 0 aliphatic rings. The second-order valence-corrected chi connectivity index (χ2v) is 4.80. The normalized spacial score (nSPS) is 13.2. The van der Waals surface area contributed by atoms with Crippen LogP contribution in [0.25, 0.3) is 0 Å². The van der Waals surface area contributed by atoms with Gasteiger partial charge >= 0.3 is 0 Å². The van der Waals surface area contributed by atoms with Gasteiger partial charge in [-0.25, -0.2) is 0 Å². The monoisotopic (exact) mass is 226 g/mol. The van der Waals surface area contributed by atoms with Gasteiger partial charge < -0.3 is 5.11 Å². The highest BCUT2D eigenvalue weighted by atomic mass is 35.5. The average molecular weight is 227 g/mol. The van der Waals surface area contributed by atoms with Crippen LogP contribution in [0.5, 0.6) is 5.75 Å². The Kier molecular flexibility index (Phi) is 4.04. The van der Waals surface area contributed by atoms with Crippen LogP contribution in [-0.2, 0) is 0 Å². The van der Waals surface area contributed by atoms with Gasteiger partial charge in [0, 0.05) is 5.02 Å². The number of aromatic hydroxyl groups is 1. The third-order valence-corrected chi connectivity index (χ3v) is 3.24. The number of phenols is 1. The summed E-state index contributed by atoms with van der Waals surface area (Å²) in [5.41, 5.74) is 1.97. The van der Waals surface area contributed by atoms with Crippen LogP contribution in [-0.4, -0.2) is 5.11 Å². The Balaban J connectivity index is 3.19. The topological polar surface area (TPSA) is 20.2 Å². The molecule has 1 rings (SSSR count). The van der Waals surface area contributed by atoms with Crippen molar-refractivity contribution in [2.24, 2.45) is 0 Å². The van der Waals surface area contributed by atoms with E-state index in [0.29, 0.717) is 17.6 Å². The molecular weight excluding hydrogens is 208 g/mol. The number of phenolic OH excluding ortho intramolecular Hbond substituents is 1. The fourth-order valence-electron chi connectivity index (χ4n) is 1.65. The molecule has 0 amide bonds. The van der Waals surface area contributed by atoms with E-state index in [1.807, 2.05) is 6.07 Å². The van der Waals surface area contributed by atoms with E-state index < -0.39 is 0 Å². The molecule has 0 bridgehead atoms. The lowest BCUT2D eigenvalue weighted by atomic mass is 9.93. The molecule has 84 valence electrons. The maximum atomic E-state index is 9.91. The summed E-state index contributed by atoms with van der Waals surface area (Å²) in [5, 5.41) is 10.7. The minimum atomic E-state index is 0.342. The van der Waals surface area contributed by atoms with Gasteiger partial charge in [0.25, 0.3) is 0 Å². The summed E-state index contributed by atoms with van der Waals surface area (Å²) >= 11 is 6.19. The number of hydrogen-bond donors (Lipinski definition) is 1.